The van der Waals surface area contributed by atoms with E-state index in [0.29, 0.717) is 6.61 Å². The highest BCUT2D eigenvalue weighted by molar-refractivity contribution is 5.10. The van der Waals surface area contributed by atoms with Gasteiger partial charge < -0.3 is 9.47 Å². The Morgan fingerprint density at radius 1 is 1.75 bits per heavy atom. The normalized spacial score (nSPS) is 22.8. The summed E-state index contributed by atoms with van der Waals surface area (Å²) >= 11 is 0. The molecule has 12 heavy (non-hydrogen) atoms. The molecule has 4 heteroatoms. The Labute approximate surface area is 70.9 Å². The summed E-state index contributed by atoms with van der Waals surface area (Å²) in [6, 6.07) is 0. The van der Waals surface area contributed by atoms with E-state index in [-0.39, 0.29) is 6.10 Å². The zero-order chi connectivity index (χ0) is 8.23. The van der Waals surface area contributed by atoms with Crippen LogP contribution in [0.4, 0.5) is 0 Å². The first-order valence-electron chi connectivity index (χ1n) is 4.18. The quantitative estimate of drug-likeness (QED) is 0.731. The maximum absolute atomic E-state index is 5.41. The fourth-order valence-electron chi connectivity index (χ4n) is 1.28. The van der Waals surface area contributed by atoms with Crippen molar-refractivity contribution in [3.05, 3.63) is 12.4 Å². The van der Waals surface area contributed by atoms with E-state index in [1.165, 1.54) is 0 Å². The third-order valence-electron chi connectivity index (χ3n) is 1.93. The summed E-state index contributed by atoms with van der Waals surface area (Å²) in [5.41, 5.74) is 0. The van der Waals surface area contributed by atoms with E-state index >= 15 is 0 Å². The lowest BCUT2D eigenvalue weighted by Gasteiger charge is -2.08. The second kappa shape index (κ2) is 3.58. The molecule has 0 bridgehead atoms. The standard InChI is InChI=1S/C8H12N2O2/c1-2-7(11-3-1)6-12-8-4-9-10-5-8/h4-5,7H,1-3,6H2,(H,9,10). The molecule has 1 atom stereocenters. The SMILES string of the molecule is c1n[nH]cc1OCC1CCCO1. The molecule has 1 N–H and O–H groups in total. The van der Waals surface area contributed by atoms with E-state index in [9.17, 15) is 0 Å². The summed E-state index contributed by atoms with van der Waals surface area (Å²) < 4.78 is 10.8. The summed E-state index contributed by atoms with van der Waals surface area (Å²) in [5.74, 6) is 0.783. The molecule has 1 aliphatic rings. The molecular formula is C8H12N2O2. The lowest BCUT2D eigenvalue weighted by molar-refractivity contribution is 0.0680. The van der Waals surface area contributed by atoms with Gasteiger partial charge >= 0.3 is 0 Å². The Hall–Kier alpha value is -1.03. The van der Waals surface area contributed by atoms with Crippen LogP contribution in [0, 0.1) is 0 Å². The van der Waals surface area contributed by atoms with Crippen molar-refractivity contribution in [1.82, 2.24) is 10.2 Å². The number of hydrogen-bond donors (Lipinski definition) is 1. The molecule has 0 spiro atoms. The van der Waals surface area contributed by atoms with Gasteiger partial charge in [-0.05, 0) is 12.8 Å². The summed E-state index contributed by atoms with van der Waals surface area (Å²) in [7, 11) is 0. The van der Waals surface area contributed by atoms with Crippen LogP contribution in [0.15, 0.2) is 12.4 Å². The van der Waals surface area contributed by atoms with Crippen molar-refractivity contribution in [3.63, 3.8) is 0 Å². The van der Waals surface area contributed by atoms with Gasteiger partial charge in [0.15, 0.2) is 5.75 Å². The number of nitrogens with one attached hydrogen (secondary N) is 1. The number of hydrogen-bond acceptors (Lipinski definition) is 3. The highest BCUT2D eigenvalue weighted by atomic mass is 16.5. The minimum absolute atomic E-state index is 0.278. The Morgan fingerprint density at radius 2 is 2.75 bits per heavy atom. The van der Waals surface area contributed by atoms with Crippen LogP contribution in [-0.2, 0) is 4.74 Å². The molecular weight excluding hydrogens is 156 g/mol. The molecule has 0 saturated carbocycles. The molecule has 1 aliphatic heterocycles. The van der Waals surface area contributed by atoms with E-state index in [1.807, 2.05) is 0 Å². The molecule has 66 valence electrons. The third-order valence-corrected chi connectivity index (χ3v) is 1.93. The van der Waals surface area contributed by atoms with Gasteiger partial charge in [0.05, 0.1) is 18.5 Å². The second-order valence-corrected chi connectivity index (χ2v) is 2.88. The van der Waals surface area contributed by atoms with Crippen LogP contribution >= 0.6 is 0 Å². The fraction of sp³-hybridized carbons (Fsp3) is 0.625. The zero-order valence-corrected chi connectivity index (χ0v) is 6.82. The first-order valence-corrected chi connectivity index (χ1v) is 4.18. The molecule has 1 aromatic heterocycles. The zero-order valence-electron chi connectivity index (χ0n) is 6.82. The minimum Gasteiger partial charge on any atom is -0.488 e. The van der Waals surface area contributed by atoms with Gasteiger partial charge in [0.1, 0.15) is 6.61 Å². The van der Waals surface area contributed by atoms with Crippen molar-refractivity contribution in [2.45, 2.75) is 18.9 Å². The molecule has 1 saturated heterocycles. The number of ether oxygens (including phenoxy) is 2. The Balaban J connectivity index is 1.74. The molecule has 1 fully saturated rings. The third kappa shape index (κ3) is 1.76. The number of aromatic amines is 1. The molecule has 2 heterocycles. The molecule has 0 aliphatic carbocycles. The lowest BCUT2D eigenvalue weighted by atomic mass is 10.2. The van der Waals surface area contributed by atoms with E-state index in [4.69, 9.17) is 9.47 Å². The first kappa shape index (κ1) is 7.61. The predicted molar refractivity (Wildman–Crippen MR) is 43.1 cm³/mol. The summed E-state index contributed by atoms with van der Waals surface area (Å²) in [6.07, 6.45) is 5.93. The minimum atomic E-state index is 0.278. The second-order valence-electron chi connectivity index (χ2n) is 2.88. The van der Waals surface area contributed by atoms with Gasteiger partial charge in [0.25, 0.3) is 0 Å². The monoisotopic (exact) mass is 168 g/mol. The average Bonchev–Trinajstić information content (AvgIpc) is 2.74. The van der Waals surface area contributed by atoms with Gasteiger partial charge in [-0.2, -0.15) is 5.10 Å². The summed E-state index contributed by atoms with van der Waals surface area (Å²) in [5, 5.41) is 6.47. The Bertz CT molecular complexity index is 217. The van der Waals surface area contributed by atoms with Crippen LogP contribution in [0.5, 0.6) is 5.75 Å². The van der Waals surface area contributed by atoms with Gasteiger partial charge in [0, 0.05) is 6.61 Å². The van der Waals surface area contributed by atoms with Crippen LogP contribution in [0.25, 0.3) is 0 Å². The van der Waals surface area contributed by atoms with E-state index in [2.05, 4.69) is 10.2 Å². The summed E-state index contributed by atoms with van der Waals surface area (Å²) in [4.78, 5) is 0. The number of rotatable bonds is 3. The Kier molecular flexibility index (Phi) is 2.27. The molecule has 1 unspecified atom stereocenters. The topological polar surface area (TPSA) is 47.1 Å². The smallest absolute Gasteiger partial charge is 0.157 e. The fourth-order valence-corrected chi connectivity index (χ4v) is 1.28. The molecule has 1 aromatic rings. The van der Waals surface area contributed by atoms with E-state index in [0.717, 1.165) is 25.2 Å². The van der Waals surface area contributed by atoms with Crippen LogP contribution < -0.4 is 4.74 Å². The largest absolute Gasteiger partial charge is 0.488 e. The van der Waals surface area contributed by atoms with Crippen LogP contribution in [-0.4, -0.2) is 29.5 Å². The van der Waals surface area contributed by atoms with Crippen molar-refractivity contribution in [2.75, 3.05) is 13.2 Å². The maximum Gasteiger partial charge on any atom is 0.157 e. The predicted octanol–water partition coefficient (Wildman–Crippen LogP) is 0.967. The van der Waals surface area contributed by atoms with Gasteiger partial charge in [-0.15, -0.1) is 0 Å². The van der Waals surface area contributed by atoms with Crippen molar-refractivity contribution in [1.29, 1.82) is 0 Å². The molecule has 0 aromatic carbocycles. The highest BCUT2D eigenvalue weighted by Crippen LogP contribution is 2.14. The van der Waals surface area contributed by atoms with Crippen molar-refractivity contribution < 1.29 is 9.47 Å². The Morgan fingerprint density at radius 3 is 3.42 bits per heavy atom. The van der Waals surface area contributed by atoms with Gasteiger partial charge in [-0.1, -0.05) is 0 Å². The number of aromatic nitrogens is 2. The van der Waals surface area contributed by atoms with Gasteiger partial charge in [0.2, 0.25) is 0 Å². The number of nitrogens with zero attached hydrogens (tertiary/aromatic N) is 1. The van der Waals surface area contributed by atoms with Crippen molar-refractivity contribution >= 4 is 0 Å². The van der Waals surface area contributed by atoms with Crippen molar-refractivity contribution in [3.8, 4) is 5.75 Å². The summed E-state index contributed by atoms with van der Waals surface area (Å²) in [6.45, 7) is 1.51. The van der Waals surface area contributed by atoms with E-state index in [1.54, 1.807) is 12.4 Å². The van der Waals surface area contributed by atoms with Crippen molar-refractivity contribution in [2.24, 2.45) is 0 Å². The highest BCUT2D eigenvalue weighted by Gasteiger charge is 2.15. The average molecular weight is 168 g/mol. The van der Waals surface area contributed by atoms with Crippen LogP contribution in [0.3, 0.4) is 0 Å². The van der Waals surface area contributed by atoms with E-state index < -0.39 is 0 Å². The van der Waals surface area contributed by atoms with Gasteiger partial charge in [-0.25, -0.2) is 0 Å². The first-order chi connectivity index (χ1) is 5.95. The van der Waals surface area contributed by atoms with Gasteiger partial charge in [-0.3, -0.25) is 5.10 Å². The maximum atomic E-state index is 5.41. The van der Waals surface area contributed by atoms with Crippen LogP contribution in [0.2, 0.25) is 0 Å². The molecule has 0 amide bonds. The van der Waals surface area contributed by atoms with Crippen LogP contribution in [0.1, 0.15) is 12.8 Å². The molecule has 4 nitrogen and oxygen atoms in total. The number of H-pyrrole nitrogens is 1. The molecule has 2 rings (SSSR count). The lowest BCUT2D eigenvalue weighted by Crippen LogP contribution is -2.15. The molecule has 0 radical (unpaired) electrons.